The smallest absolute Gasteiger partial charge is 0.141 e. The summed E-state index contributed by atoms with van der Waals surface area (Å²) in [5.74, 6) is 1.53. The summed E-state index contributed by atoms with van der Waals surface area (Å²) in [5.41, 5.74) is 4.99. The molecule has 5 nitrogen and oxygen atoms in total. The molecule has 0 saturated carbocycles. The molecule has 0 aliphatic heterocycles. The lowest BCUT2D eigenvalue weighted by atomic mass is 10.1. The highest BCUT2D eigenvalue weighted by Gasteiger charge is 2.10. The van der Waals surface area contributed by atoms with Crippen molar-refractivity contribution in [3.63, 3.8) is 0 Å². The van der Waals surface area contributed by atoms with Gasteiger partial charge in [0.25, 0.3) is 0 Å². The van der Waals surface area contributed by atoms with Gasteiger partial charge in [-0.2, -0.15) is 0 Å². The SMILES string of the molecule is COc1cc2ncnc(Nc3ccc4[nH]ccc4c3)c2cc1C=Cc1ccccc1. The van der Waals surface area contributed by atoms with Crippen LogP contribution in [0.25, 0.3) is 34.0 Å². The maximum Gasteiger partial charge on any atom is 0.141 e. The van der Waals surface area contributed by atoms with Crippen LogP contribution in [0.4, 0.5) is 11.5 Å². The summed E-state index contributed by atoms with van der Waals surface area (Å²) in [6.07, 6.45) is 7.63. The molecule has 5 aromatic rings. The molecular weight excluding hydrogens is 372 g/mol. The molecule has 5 heteroatoms. The van der Waals surface area contributed by atoms with E-state index in [2.05, 4.69) is 68.8 Å². The van der Waals surface area contributed by atoms with Crippen molar-refractivity contribution in [3.05, 3.63) is 90.4 Å². The minimum Gasteiger partial charge on any atom is -0.496 e. The van der Waals surface area contributed by atoms with Crippen molar-refractivity contribution < 1.29 is 4.74 Å². The number of hydrogen-bond donors (Lipinski definition) is 2. The van der Waals surface area contributed by atoms with Gasteiger partial charge in [-0.05, 0) is 35.9 Å². The Kier molecular flexibility index (Phi) is 4.62. The zero-order chi connectivity index (χ0) is 20.3. The number of rotatable bonds is 5. The second kappa shape index (κ2) is 7.72. The summed E-state index contributed by atoms with van der Waals surface area (Å²) >= 11 is 0. The van der Waals surface area contributed by atoms with Gasteiger partial charge in [0.2, 0.25) is 0 Å². The van der Waals surface area contributed by atoms with Gasteiger partial charge in [-0.3, -0.25) is 0 Å². The third-order valence-electron chi connectivity index (χ3n) is 5.06. The molecule has 5 rings (SSSR count). The molecule has 0 aliphatic rings. The van der Waals surface area contributed by atoms with Gasteiger partial charge in [0.1, 0.15) is 17.9 Å². The predicted octanol–water partition coefficient (Wildman–Crippen LogP) is 6.03. The van der Waals surface area contributed by atoms with Gasteiger partial charge in [0, 0.05) is 39.8 Å². The van der Waals surface area contributed by atoms with Gasteiger partial charge in [0.05, 0.1) is 12.6 Å². The summed E-state index contributed by atoms with van der Waals surface area (Å²) in [4.78, 5) is 12.1. The van der Waals surface area contributed by atoms with E-state index in [1.165, 1.54) is 0 Å². The first-order valence-electron chi connectivity index (χ1n) is 9.70. The molecule has 2 aromatic heterocycles. The Labute approximate surface area is 174 Å². The average molecular weight is 392 g/mol. The maximum atomic E-state index is 5.60. The zero-order valence-corrected chi connectivity index (χ0v) is 16.5. The number of ether oxygens (including phenoxy) is 1. The topological polar surface area (TPSA) is 62.8 Å². The first-order chi connectivity index (χ1) is 14.8. The van der Waals surface area contributed by atoms with Gasteiger partial charge < -0.3 is 15.0 Å². The van der Waals surface area contributed by atoms with Gasteiger partial charge in [-0.15, -0.1) is 0 Å². The largest absolute Gasteiger partial charge is 0.496 e. The van der Waals surface area contributed by atoms with Crippen LogP contribution in [0.1, 0.15) is 11.1 Å². The van der Waals surface area contributed by atoms with Crippen LogP contribution in [-0.2, 0) is 0 Å². The van der Waals surface area contributed by atoms with Gasteiger partial charge in [0.15, 0.2) is 0 Å². The number of hydrogen-bond acceptors (Lipinski definition) is 4. The number of aromatic amines is 1. The van der Waals surface area contributed by atoms with Crippen LogP contribution in [0.5, 0.6) is 5.75 Å². The van der Waals surface area contributed by atoms with E-state index in [1.54, 1.807) is 13.4 Å². The summed E-state index contributed by atoms with van der Waals surface area (Å²) < 4.78 is 5.60. The Morgan fingerprint density at radius 3 is 2.70 bits per heavy atom. The normalized spacial score (nSPS) is 11.4. The van der Waals surface area contributed by atoms with E-state index < -0.39 is 0 Å². The predicted molar refractivity (Wildman–Crippen MR) is 123 cm³/mol. The molecular formula is C25H20N4O. The number of nitrogens with one attached hydrogen (secondary N) is 2. The van der Waals surface area contributed by atoms with Crippen molar-refractivity contribution in [3.8, 4) is 5.75 Å². The monoisotopic (exact) mass is 392 g/mol. The fourth-order valence-electron chi connectivity index (χ4n) is 3.53. The number of nitrogens with zero attached hydrogens (tertiary/aromatic N) is 2. The number of anilines is 2. The highest BCUT2D eigenvalue weighted by atomic mass is 16.5. The summed E-state index contributed by atoms with van der Waals surface area (Å²) in [6.45, 7) is 0. The molecule has 3 aromatic carbocycles. The summed E-state index contributed by atoms with van der Waals surface area (Å²) in [6, 6.07) is 22.4. The molecule has 0 unspecified atom stereocenters. The fraction of sp³-hybridized carbons (Fsp3) is 0.0400. The molecule has 30 heavy (non-hydrogen) atoms. The van der Waals surface area contributed by atoms with Crippen molar-refractivity contribution >= 4 is 45.5 Å². The van der Waals surface area contributed by atoms with E-state index in [0.29, 0.717) is 0 Å². The van der Waals surface area contributed by atoms with E-state index in [9.17, 15) is 0 Å². The quantitative estimate of drug-likeness (QED) is 0.358. The molecule has 0 amide bonds. The van der Waals surface area contributed by atoms with Crippen LogP contribution < -0.4 is 10.1 Å². The van der Waals surface area contributed by atoms with Crippen LogP contribution in [0, 0.1) is 0 Å². The molecule has 2 heterocycles. The Bertz CT molecular complexity index is 1360. The summed E-state index contributed by atoms with van der Waals surface area (Å²) in [5, 5.41) is 5.51. The Morgan fingerprint density at radius 1 is 0.933 bits per heavy atom. The van der Waals surface area contributed by atoms with Crippen molar-refractivity contribution in [1.29, 1.82) is 0 Å². The zero-order valence-electron chi connectivity index (χ0n) is 16.5. The van der Waals surface area contributed by atoms with Crippen LogP contribution in [-0.4, -0.2) is 22.1 Å². The van der Waals surface area contributed by atoms with E-state index in [4.69, 9.17) is 4.74 Å². The van der Waals surface area contributed by atoms with E-state index in [0.717, 1.165) is 50.2 Å². The van der Waals surface area contributed by atoms with Gasteiger partial charge in [-0.25, -0.2) is 9.97 Å². The number of aromatic nitrogens is 3. The molecule has 0 saturated heterocycles. The molecule has 0 fully saturated rings. The van der Waals surface area contributed by atoms with E-state index in [-0.39, 0.29) is 0 Å². The molecule has 2 N–H and O–H groups in total. The molecule has 0 spiro atoms. The van der Waals surface area contributed by atoms with Gasteiger partial charge >= 0.3 is 0 Å². The fourth-order valence-corrected chi connectivity index (χ4v) is 3.53. The minimum absolute atomic E-state index is 0.756. The van der Waals surface area contributed by atoms with Crippen molar-refractivity contribution in [2.24, 2.45) is 0 Å². The lowest BCUT2D eigenvalue weighted by molar-refractivity contribution is 0.414. The second-order valence-corrected chi connectivity index (χ2v) is 6.98. The highest BCUT2D eigenvalue weighted by molar-refractivity contribution is 5.95. The first kappa shape index (κ1) is 17.9. The Balaban J connectivity index is 1.56. The van der Waals surface area contributed by atoms with Crippen LogP contribution in [0.2, 0.25) is 0 Å². The molecule has 0 atom stereocenters. The molecule has 0 radical (unpaired) electrons. The lowest BCUT2D eigenvalue weighted by Crippen LogP contribution is -1.97. The number of fused-ring (bicyclic) bond motifs is 2. The lowest BCUT2D eigenvalue weighted by Gasteiger charge is -2.11. The first-order valence-corrected chi connectivity index (χ1v) is 9.70. The number of benzene rings is 3. The van der Waals surface area contributed by atoms with Crippen molar-refractivity contribution in [2.75, 3.05) is 12.4 Å². The third-order valence-corrected chi connectivity index (χ3v) is 5.06. The minimum atomic E-state index is 0.756. The second-order valence-electron chi connectivity index (χ2n) is 6.98. The molecule has 146 valence electrons. The average Bonchev–Trinajstić information content (AvgIpc) is 3.26. The maximum absolute atomic E-state index is 5.60. The van der Waals surface area contributed by atoms with Crippen LogP contribution >= 0.6 is 0 Å². The highest BCUT2D eigenvalue weighted by Crippen LogP contribution is 2.31. The standard InChI is InChI=1S/C25H20N4O/c1-30-24-15-23-21(14-19(24)8-7-17-5-3-2-4-6-17)25(28-16-27-23)29-20-9-10-22-18(13-20)11-12-26-22/h2-16,26H,1H3,(H,27,28,29). The Morgan fingerprint density at radius 2 is 1.83 bits per heavy atom. The summed E-state index contributed by atoms with van der Waals surface area (Å²) in [7, 11) is 1.67. The van der Waals surface area contributed by atoms with E-state index >= 15 is 0 Å². The van der Waals surface area contributed by atoms with Crippen LogP contribution in [0.3, 0.4) is 0 Å². The Hall–Kier alpha value is -4.12. The third kappa shape index (κ3) is 3.49. The molecule has 0 aliphatic carbocycles. The van der Waals surface area contributed by atoms with Crippen molar-refractivity contribution in [2.45, 2.75) is 0 Å². The number of H-pyrrole nitrogens is 1. The van der Waals surface area contributed by atoms with Crippen LogP contribution in [0.15, 0.2) is 79.3 Å². The number of methoxy groups -OCH3 is 1. The van der Waals surface area contributed by atoms with Crippen molar-refractivity contribution in [1.82, 2.24) is 15.0 Å². The van der Waals surface area contributed by atoms with E-state index in [1.807, 2.05) is 36.5 Å². The molecule has 0 bridgehead atoms. The van der Waals surface area contributed by atoms with Gasteiger partial charge in [-0.1, -0.05) is 42.5 Å².